The fraction of sp³-hybridized carbons (Fsp3) is 0.231. The fourth-order valence-corrected chi connectivity index (χ4v) is 2.00. The third kappa shape index (κ3) is 3.03. The van der Waals surface area contributed by atoms with Crippen molar-refractivity contribution in [2.75, 3.05) is 11.9 Å². The maximum absolute atomic E-state index is 11.0. The summed E-state index contributed by atoms with van der Waals surface area (Å²) >= 11 is 5.73. The van der Waals surface area contributed by atoms with E-state index in [4.69, 9.17) is 11.6 Å². The SMILES string of the molecule is Cc1ccccc1CN(C)c1nc(Cl)ncc1[N+](=O)[O-]. The van der Waals surface area contributed by atoms with Crippen LogP contribution in [-0.2, 0) is 6.54 Å². The molecular formula is C13H13ClN4O2. The van der Waals surface area contributed by atoms with E-state index in [1.807, 2.05) is 31.2 Å². The van der Waals surface area contributed by atoms with E-state index < -0.39 is 4.92 Å². The summed E-state index contributed by atoms with van der Waals surface area (Å²) in [6.07, 6.45) is 1.12. The average Bonchev–Trinajstić information content (AvgIpc) is 2.40. The molecule has 0 bridgehead atoms. The minimum absolute atomic E-state index is 0.0118. The van der Waals surface area contributed by atoms with Crippen LogP contribution >= 0.6 is 11.6 Å². The van der Waals surface area contributed by atoms with Gasteiger partial charge in [-0.15, -0.1) is 0 Å². The fourth-order valence-electron chi connectivity index (χ4n) is 1.87. The van der Waals surface area contributed by atoms with Crippen LogP contribution in [0.15, 0.2) is 30.5 Å². The second-order valence-corrected chi connectivity index (χ2v) is 4.73. The average molecular weight is 293 g/mol. The summed E-state index contributed by atoms with van der Waals surface area (Å²) < 4.78 is 0. The molecule has 0 aliphatic carbocycles. The maximum atomic E-state index is 11.0. The molecule has 20 heavy (non-hydrogen) atoms. The predicted octanol–water partition coefficient (Wildman–Crippen LogP) is 2.98. The highest BCUT2D eigenvalue weighted by Gasteiger charge is 2.20. The summed E-state index contributed by atoms with van der Waals surface area (Å²) in [4.78, 5) is 19.8. The second kappa shape index (κ2) is 5.83. The molecule has 2 rings (SSSR count). The number of hydrogen-bond donors (Lipinski definition) is 0. The number of aryl methyl sites for hydroxylation is 1. The molecule has 0 aliphatic heterocycles. The van der Waals surface area contributed by atoms with Gasteiger partial charge in [-0.1, -0.05) is 24.3 Å². The molecule has 0 radical (unpaired) electrons. The molecule has 0 N–H and O–H groups in total. The first kappa shape index (κ1) is 14.2. The van der Waals surface area contributed by atoms with Gasteiger partial charge in [0.15, 0.2) is 0 Å². The van der Waals surface area contributed by atoms with E-state index in [1.54, 1.807) is 11.9 Å². The minimum atomic E-state index is -0.514. The highest BCUT2D eigenvalue weighted by molar-refractivity contribution is 6.28. The van der Waals surface area contributed by atoms with Crippen molar-refractivity contribution >= 4 is 23.1 Å². The van der Waals surface area contributed by atoms with Crippen LogP contribution < -0.4 is 4.90 Å². The van der Waals surface area contributed by atoms with E-state index in [0.29, 0.717) is 6.54 Å². The molecule has 1 heterocycles. The molecule has 2 aromatic rings. The summed E-state index contributed by atoms with van der Waals surface area (Å²) in [6, 6.07) is 7.84. The van der Waals surface area contributed by atoms with Crippen LogP contribution in [0.5, 0.6) is 0 Å². The Balaban J connectivity index is 2.34. The van der Waals surface area contributed by atoms with Gasteiger partial charge in [0.1, 0.15) is 6.20 Å². The van der Waals surface area contributed by atoms with Gasteiger partial charge < -0.3 is 4.90 Å². The zero-order valence-electron chi connectivity index (χ0n) is 11.1. The minimum Gasteiger partial charge on any atom is -0.349 e. The molecule has 104 valence electrons. The molecule has 0 aliphatic rings. The Kier molecular flexibility index (Phi) is 4.14. The van der Waals surface area contributed by atoms with E-state index in [9.17, 15) is 10.1 Å². The lowest BCUT2D eigenvalue weighted by Gasteiger charge is -2.19. The first-order valence-electron chi connectivity index (χ1n) is 5.91. The van der Waals surface area contributed by atoms with Gasteiger partial charge in [-0.3, -0.25) is 10.1 Å². The van der Waals surface area contributed by atoms with Crippen LogP contribution in [0, 0.1) is 17.0 Å². The number of hydrogen-bond acceptors (Lipinski definition) is 5. The van der Waals surface area contributed by atoms with Crippen LogP contribution in [0.3, 0.4) is 0 Å². The lowest BCUT2D eigenvalue weighted by molar-refractivity contribution is -0.384. The number of halogens is 1. The number of nitrogens with zero attached hydrogens (tertiary/aromatic N) is 4. The molecule has 6 nitrogen and oxygen atoms in total. The molecule has 0 saturated carbocycles. The van der Waals surface area contributed by atoms with Crippen LogP contribution in [-0.4, -0.2) is 21.9 Å². The molecule has 1 aromatic heterocycles. The quantitative estimate of drug-likeness (QED) is 0.492. The van der Waals surface area contributed by atoms with Crippen LogP contribution in [0.1, 0.15) is 11.1 Å². The van der Waals surface area contributed by atoms with Crippen molar-refractivity contribution in [3.63, 3.8) is 0 Å². The van der Waals surface area contributed by atoms with Gasteiger partial charge in [0.05, 0.1) is 4.92 Å². The number of rotatable bonds is 4. The van der Waals surface area contributed by atoms with Crippen molar-refractivity contribution in [3.8, 4) is 0 Å². The molecule has 0 saturated heterocycles. The Morgan fingerprint density at radius 1 is 1.40 bits per heavy atom. The van der Waals surface area contributed by atoms with Gasteiger partial charge in [0, 0.05) is 13.6 Å². The summed E-state index contributed by atoms with van der Waals surface area (Å²) in [5.74, 6) is 0.207. The van der Waals surface area contributed by atoms with E-state index in [-0.39, 0.29) is 16.8 Å². The molecule has 0 atom stereocenters. The van der Waals surface area contributed by atoms with Crippen molar-refractivity contribution in [2.45, 2.75) is 13.5 Å². The van der Waals surface area contributed by atoms with Crippen LogP contribution in [0.4, 0.5) is 11.5 Å². The Morgan fingerprint density at radius 2 is 2.10 bits per heavy atom. The van der Waals surface area contributed by atoms with Gasteiger partial charge >= 0.3 is 5.69 Å². The highest BCUT2D eigenvalue weighted by atomic mass is 35.5. The van der Waals surface area contributed by atoms with E-state index in [2.05, 4.69) is 9.97 Å². The predicted molar refractivity (Wildman–Crippen MR) is 77.0 cm³/mol. The van der Waals surface area contributed by atoms with E-state index in [0.717, 1.165) is 17.3 Å². The van der Waals surface area contributed by atoms with Crippen molar-refractivity contribution in [1.82, 2.24) is 9.97 Å². The van der Waals surface area contributed by atoms with Crippen molar-refractivity contribution in [2.24, 2.45) is 0 Å². The van der Waals surface area contributed by atoms with Crippen molar-refractivity contribution in [1.29, 1.82) is 0 Å². The van der Waals surface area contributed by atoms with Crippen molar-refractivity contribution in [3.05, 3.63) is 57.0 Å². The summed E-state index contributed by atoms with van der Waals surface area (Å²) in [6.45, 7) is 2.49. The number of benzene rings is 1. The number of nitro groups is 1. The summed E-state index contributed by atoms with van der Waals surface area (Å²) in [7, 11) is 1.73. The smallest absolute Gasteiger partial charge is 0.329 e. The number of aromatic nitrogens is 2. The summed E-state index contributed by atoms with van der Waals surface area (Å²) in [5, 5.41) is 11.0. The molecule has 0 spiro atoms. The third-order valence-corrected chi connectivity index (χ3v) is 3.13. The largest absolute Gasteiger partial charge is 0.349 e. The lowest BCUT2D eigenvalue weighted by atomic mass is 10.1. The lowest BCUT2D eigenvalue weighted by Crippen LogP contribution is -2.20. The zero-order chi connectivity index (χ0) is 14.7. The Hall–Kier alpha value is -2.21. The van der Waals surface area contributed by atoms with E-state index >= 15 is 0 Å². The second-order valence-electron chi connectivity index (χ2n) is 4.39. The summed E-state index contributed by atoms with van der Waals surface area (Å²) in [5.41, 5.74) is 2.02. The van der Waals surface area contributed by atoms with Gasteiger partial charge in [-0.05, 0) is 29.7 Å². The monoisotopic (exact) mass is 292 g/mol. The van der Waals surface area contributed by atoms with Gasteiger partial charge in [-0.2, -0.15) is 4.98 Å². The zero-order valence-corrected chi connectivity index (χ0v) is 11.8. The topological polar surface area (TPSA) is 72.2 Å². The molecular weight excluding hydrogens is 280 g/mol. The first-order chi connectivity index (χ1) is 9.49. The van der Waals surface area contributed by atoms with Crippen LogP contribution in [0.25, 0.3) is 0 Å². The van der Waals surface area contributed by atoms with Gasteiger partial charge in [-0.25, -0.2) is 4.98 Å². The molecule has 0 unspecified atom stereocenters. The standard InChI is InChI=1S/C13H13ClN4O2/c1-9-5-3-4-6-10(9)8-17(2)12-11(18(19)20)7-15-13(14)16-12/h3-7H,8H2,1-2H3. The first-order valence-corrected chi connectivity index (χ1v) is 6.29. The Bertz CT molecular complexity index is 648. The molecule has 0 amide bonds. The molecule has 1 aromatic carbocycles. The number of anilines is 1. The normalized spacial score (nSPS) is 10.3. The Morgan fingerprint density at radius 3 is 2.75 bits per heavy atom. The van der Waals surface area contributed by atoms with E-state index in [1.165, 1.54) is 0 Å². The maximum Gasteiger partial charge on any atom is 0.329 e. The molecule has 7 heteroatoms. The third-order valence-electron chi connectivity index (χ3n) is 2.95. The van der Waals surface area contributed by atoms with Crippen LogP contribution in [0.2, 0.25) is 5.28 Å². The molecule has 0 fully saturated rings. The highest BCUT2D eigenvalue weighted by Crippen LogP contribution is 2.26. The van der Waals surface area contributed by atoms with Crippen molar-refractivity contribution < 1.29 is 4.92 Å². The van der Waals surface area contributed by atoms with Gasteiger partial charge in [0.2, 0.25) is 11.1 Å². The Labute approximate surface area is 121 Å². The van der Waals surface area contributed by atoms with Gasteiger partial charge in [0.25, 0.3) is 0 Å².